The largest absolute Gasteiger partial charge is 0.463 e. The van der Waals surface area contributed by atoms with Crippen molar-refractivity contribution in [2.75, 3.05) is 33.4 Å². The fraction of sp³-hybridized carbons (Fsp3) is 0.480. The Bertz CT molecular complexity index is 1030. The molecule has 1 aromatic carbocycles. The Labute approximate surface area is 210 Å². The average Bonchev–Trinajstić information content (AvgIpc) is 2.85. The third-order valence-corrected chi connectivity index (χ3v) is 5.68. The van der Waals surface area contributed by atoms with E-state index < -0.39 is 11.8 Å². The number of carbonyl (C=O) groups excluding carboxylic acids is 2. The van der Waals surface area contributed by atoms with Crippen LogP contribution in [0.15, 0.2) is 30.6 Å². The summed E-state index contributed by atoms with van der Waals surface area (Å²) in [4.78, 5) is 33.9. The Balaban J connectivity index is 0.00000456. The number of carbonyl (C=O) groups is 2. The molecule has 2 aromatic rings. The Morgan fingerprint density at radius 1 is 1.22 bits per heavy atom. The molecule has 3 N–H and O–H groups in total. The fourth-order valence-corrected chi connectivity index (χ4v) is 3.70. The van der Waals surface area contributed by atoms with Gasteiger partial charge in [0.2, 0.25) is 5.91 Å². The lowest BCUT2D eigenvalue weighted by Crippen LogP contribution is -2.40. The van der Waals surface area contributed by atoms with Crippen molar-refractivity contribution < 1.29 is 28.2 Å². The number of hydrogen-bond acceptors (Lipinski definition) is 8. The maximum absolute atomic E-state index is 14.9. The number of esters is 1. The highest BCUT2D eigenvalue weighted by Gasteiger charge is 2.23. The van der Waals surface area contributed by atoms with Crippen molar-refractivity contribution in [2.24, 2.45) is 11.7 Å². The number of amidine groups is 1. The molecule has 0 unspecified atom stereocenters. The molecule has 1 amide bonds. The highest BCUT2D eigenvalue weighted by atomic mass is 19.1. The molecular weight excluding hydrogens is 469 g/mol. The minimum Gasteiger partial charge on any atom is -0.463 e. The van der Waals surface area contributed by atoms with Crippen LogP contribution in [0, 0.1) is 17.1 Å². The summed E-state index contributed by atoms with van der Waals surface area (Å²) in [6, 6.07) is 4.93. The summed E-state index contributed by atoms with van der Waals surface area (Å²) in [5.74, 6) is -1.16. The van der Waals surface area contributed by atoms with Gasteiger partial charge < -0.3 is 24.8 Å². The summed E-state index contributed by atoms with van der Waals surface area (Å²) < 4.78 is 30.6. The molecule has 1 aliphatic rings. The molecule has 0 aliphatic carbocycles. The number of nitrogens with zero attached hydrogens (tertiary/aromatic N) is 3. The SMILES string of the molecule is C.COCCC(=O)N1CCC(COc2ncc(-c3cccc(COC(=O)CC(=N)N)c3F)cn2)CC1. The van der Waals surface area contributed by atoms with Gasteiger partial charge in [0, 0.05) is 49.3 Å². The van der Waals surface area contributed by atoms with Gasteiger partial charge in [0.25, 0.3) is 0 Å². The van der Waals surface area contributed by atoms with E-state index in [4.69, 9.17) is 25.4 Å². The Morgan fingerprint density at radius 3 is 2.56 bits per heavy atom. The highest BCUT2D eigenvalue weighted by molar-refractivity contribution is 5.94. The van der Waals surface area contributed by atoms with Crippen LogP contribution < -0.4 is 10.5 Å². The van der Waals surface area contributed by atoms with Gasteiger partial charge >= 0.3 is 12.0 Å². The number of amides is 1. The van der Waals surface area contributed by atoms with Crippen LogP contribution in [0.5, 0.6) is 6.01 Å². The first kappa shape index (κ1) is 28.6. The summed E-state index contributed by atoms with van der Waals surface area (Å²) >= 11 is 0. The van der Waals surface area contributed by atoms with Crippen LogP contribution in [-0.4, -0.2) is 66.0 Å². The number of nitrogens with two attached hydrogens (primary N) is 1. The molecule has 196 valence electrons. The molecule has 0 radical (unpaired) electrons. The van der Waals surface area contributed by atoms with Crippen molar-refractivity contribution in [1.29, 1.82) is 5.41 Å². The molecule has 3 rings (SSSR count). The molecule has 0 atom stereocenters. The molecule has 1 aromatic heterocycles. The number of nitrogens with one attached hydrogen (secondary N) is 1. The summed E-state index contributed by atoms with van der Waals surface area (Å²) in [5.41, 5.74) is 6.07. The van der Waals surface area contributed by atoms with Gasteiger partial charge in [-0.15, -0.1) is 0 Å². The second-order valence-electron chi connectivity index (χ2n) is 8.27. The molecule has 11 heteroatoms. The molecule has 2 heterocycles. The van der Waals surface area contributed by atoms with Gasteiger partial charge in [-0.2, -0.15) is 0 Å². The topological polar surface area (TPSA) is 141 Å². The van der Waals surface area contributed by atoms with Crippen LogP contribution in [0.2, 0.25) is 0 Å². The van der Waals surface area contributed by atoms with Crippen LogP contribution in [0.1, 0.15) is 38.7 Å². The Kier molecular flexibility index (Phi) is 11.2. The van der Waals surface area contributed by atoms with Crippen molar-refractivity contribution in [3.63, 3.8) is 0 Å². The molecule has 10 nitrogen and oxygen atoms in total. The fourth-order valence-electron chi connectivity index (χ4n) is 3.70. The van der Waals surface area contributed by atoms with E-state index in [-0.39, 0.29) is 49.3 Å². The number of halogens is 1. The number of hydrogen-bond donors (Lipinski definition) is 2. The second kappa shape index (κ2) is 14.1. The maximum atomic E-state index is 14.9. The molecule has 36 heavy (non-hydrogen) atoms. The van der Waals surface area contributed by atoms with Crippen molar-refractivity contribution >= 4 is 17.7 Å². The van der Waals surface area contributed by atoms with Crippen molar-refractivity contribution in [3.05, 3.63) is 42.0 Å². The molecule has 1 fully saturated rings. The van der Waals surface area contributed by atoms with Gasteiger partial charge in [0.15, 0.2) is 0 Å². The number of ether oxygens (including phenoxy) is 3. The summed E-state index contributed by atoms with van der Waals surface area (Å²) in [6.07, 6.45) is 4.68. The lowest BCUT2D eigenvalue weighted by molar-refractivity contribution is -0.143. The van der Waals surface area contributed by atoms with Crippen LogP contribution in [0.4, 0.5) is 4.39 Å². The highest BCUT2D eigenvalue weighted by Crippen LogP contribution is 2.25. The minimum atomic E-state index is -0.699. The zero-order valence-electron chi connectivity index (χ0n) is 19.7. The van der Waals surface area contributed by atoms with E-state index in [1.54, 1.807) is 19.2 Å². The number of piperidine rings is 1. The van der Waals surface area contributed by atoms with Crippen molar-refractivity contribution in [2.45, 2.75) is 39.7 Å². The monoisotopic (exact) mass is 503 g/mol. The predicted molar refractivity (Wildman–Crippen MR) is 132 cm³/mol. The van der Waals surface area contributed by atoms with Gasteiger partial charge in [-0.05, 0) is 18.8 Å². The second-order valence-corrected chi connectivity index (χ2v) is 8.27. The lowest BCUT2D eigenvalue weighted by atomic mass is 9.97. The van der Waals surface area contributed by atoms with Crippen LogP contribution in [0.3, 0.4) is 0 Å². The van der Waals surface area contributed by atoms with Crippen molar-refractivity contribution in [1.82, 2.24) is 14.9 Å². The summed E-state index contributed by atoms with van der Waals surface area (Å²) in [6.45, 7) is 1.98. The molecule has 1 aliphatic heterocycles. The summed E-state index contributed by atoms with van der Waals surface area (Å²) in [7, 11) is 1.58. The van der Waals surface area contributed by atoms with E-state index in [1.807, 2.05) is 4.90 Å². The standard InChI is InChI=1S/C24H30FN5O5.CH4/c1-33-10-7-21(31)30-8-5-16(6-9-30)14-35-24-28-12-18(13-29-24)19-4-2-3-17(23(19)25)15-34-22(32)11-20(26)27;/h2-4,12-13,16H,5-11,14-15H2,1H3,(H3,26,27);1H4. The molecule has 0 bridgehead atoms. The molecule has 0 saturated carbocycles. The average molecular weight is 504 g/mol. The first-order valence-corrected chi connectivity index (χ1v) is 11.3. The van der Waals surface area contributed by atoms with E-state index in [2.05, 4.69) is 9.97 Å². The van der Waals surface area contributed by atoms with Gasteiger partial charge in [-0.25, -0.2) is 14.4 Å². The lowest BCUT2D eigenvalue weighted by Gasteiger charge is -2.31. The van der Waals surface area contributed by atoms with E-state index in [0.717, 1.165) is 12.8 Å². The van der Waals surface area contributed by atoms with Gasteiger partial charge in [0.05, 0.1) is 19.6 Å². The molecule has 1 saturated heterocycles. The summed E-state index contributed by atoms with van der Waals surface area (Å²) in [5, 5.41) is 7.11. The third-order valence-electron chi connectivity index (χ3n) is 5.68. The smallest absolute Gasteiger partial charge is 0.316 e. The first-order chi connectivity index (χ1) is 16.9. The zero-order chi connectivity index (χ0) is 25.2. The van der Waals surface area contributed by atoms with E-state index in [9.17, 15) is 14.0 Å². The molecular formula is C25H34FN5O5. The van der Waals surface area contributed by atoms with Gasteiger partial charge in [-0.1, -0.05) is 25.6 Å². The Hall–Kier alpha value is -3.60. The first-order valence-electron chi connectivity index (χ1n) is 11.3. The molecule has 0 spiro atoms. The number of likely N-dealkylation sites (tertiary alicyclic amines) is 1. The number of benzene rings is 1. The Morgan fingerprint density at radius 2 is 1.92 bits per heavy atom. The van der Waals surface area contributed by atoms with Gasteiger partial charge in [0.1, 0.15) is 24.7 Å². The number of aromatic nitrogens is 2. The predicted octanol–water partition coefficient (Wildman–Crippen LogP) is 2.94. The van der Waals surface area contributed by atoms with E-state index >= 15 is 0 Å². The normalized spacial score (nSPS) is 13.6. The number of rotatable bonds is 11. The third kappa shape index (κ3) is 8.26. The van der Waals surface area contributed by atoms with Crippen LogP contribution in [-0.2, 0) is 25.7 Å². The van der Waals surface area contributed by atoms with Gasteiger partial charge in [-0.3, -0.25) is 15.0 Å². The minimum absolute atomic E-state index is 0. The van der Waals surface area contributed by atoms with Crippen LogP contribution in [0.25, 0.3) is 11.1 Å². The van der Waals surface area contributed by atoms with E-state index in [0.29, 0.717) is 44.2 Å². The number of methoxy groups -OCH3 is 1. The quantitative estimate of drug-likeness (QED) is 0.271. The maximum Gasteiger partial charge on any atom is 0.316 e. The van der Waals surface area contributed by atoms with Crippen LogP contribution >= 0.6 is 0 Å². The zero-order valence-corrected chi connectivity index (χ0v) is 19.7. The van der Waals surface area contributed by atoms with Crippen molar-refractivity contribution in [3.8, 4) is 17.1 Å². The van der Waals surface area contributed by atoms with E-state index in [1.165, 1.54) is 18.5 Å².